The van der Waals surface area contributed by atoms with Crippen LogP contribution in [0.3, 0.4) is 0 Å². The predicted molar refractivity (Wildman–Crippen MR) is 96.9 cm³/mol. The van der Waals surface area contributed by atoms with Crippen molar-refractivity contribution in [2.45, 2.75) is 18.7 Å². The number of amides is 2. The van der Waals surface area contributed by atoms with Gasteiger partial charge in [-0.25, -0.2) is 12.7 Å². The molecule has 130 valence electrons. The minimum Gasteiger partial charge on any atom is -0.324 e. The Morgan fingerprint density at radius 2 is 1.76 bits per heavy atom. The van der Waals surface area contributed by atoms with E-state index in [9.17, 15) is 18.0 Å². The van der Waals surface area contributed by atoms with Crippen LogP contribution in [0.15, 0.2) is 45.8 Å². The van der Waals surface area contributed by atoms with Crippen molar-refractivity contribution in [3.63, 3.8) is 0 Å². The Balaban J connectivity index is 1.85. The Morgan fingerprint density at radius 3 is 2.36 bits per heavy atom. The minimum absolute atomic E-state index is 0.0659. The first-order chi connectivity index (χ1) is 11.7. The first-order valence-electron chi connectivity index (χ1n) is 7.44. The average molecular weight is 423 g/mol. The zero-order chi connectivity index (χ0) is 18.4. The number of sulfonamides is 1. The third-order valence-corrected chi connectivity index (χ3v) is 6.21. The van der Waals surface area contributed by atoms with Crippen molar-refractivity contribution < 1.29 is 18.0 Å². The van der Waals surface area contributed by atoms with Gasteiger partial charge in [-0.2, -0.15) is 0 Å². The normalized spacial score (nSPS) is 15.2. The molecule has 1 N–H and O–H groups in total. The van der Waals surface area contributed by atoms with Crippen LogP contribution in [0.2, 0.25) is 0 Å². The number of benzene rings is 2. The number of nitrogens with one attached hydrogen (secondary N) is 1. The highest BCUT2D eigenvalue weighted by atomic mass is 79.9. The lowest BCUT2D eigenvalue weighted by Crippen LogP contribution is -2.37. The third-order valence-electron chi connectivity index (χ3n) is 3.96. The van der Waals surface area contributed by atoms with Gasteiger partial charge in [-0.15, -0.1) is 0 Å². The van der Waals surface area contributed by atoms with Crippen LogP contribution in [0.4, 0.5) is 5.69 Å². The maximum absolute atomic E-state index is 12.5. The second kappa shape index (κ2) is 6.27. The van der Waals surface area contributed by atoms with Crippen molar-refractivity contribution in [3.05, 3.63) is 57.6 Å². The first-order valence-corrected chi connectivity index (χ1v) is 9.68. The van der Waals surface area contributed by atoms with Crippen molar-refractivity contribution in [2.75, 3.05) is 11.9 Å². The van der Waals surface area contributed by atoms with E-state index >= 15 is 0 Å². The fourth-order valence-corrected chi connectivity index (χ4v) is 5.02. The summed E-state index contributed by atoms with van der Waals surface area (Å²) in [7, 11) is -3.99. The summed E-state index contributed by atoms with van der Waals surface area (Å²) in [6.07, 6.45) is 0. The molecular formula is C17H15BrN2O4S. The summed E-state index contributed by atoms with van der Waals surface area (Å²) in [5.74, 6) is -1.26. The smallest absolute Gasteiger partial charge is 0.269 e. The predicted octanol–water partition coefficient (Wildman–Crippen LogP) is 2.85. The highest BCUT2D eigenvalue weighted by molar-refractivity contribution is 9.10. The molecule has 0 bridgehead atoms. The van der Waals surface area contributed by atoms with Gasteiger partial charge in [0.05, 0.1) is 5.56 Å². The van der Waals surface area contributed by atoms with Gasteiger partial charge in [0, 0.05) is 10.2 Å². The molecule has 2 amide bonds. The molecule has 0 saturated heterocycles. The summed E-state index contributed by atoms with van der Waals surface area (Å²) in [5.41, 5.74) is 2.36. The lowest BCUT2D eigenvalue weighted by Gasteiger charge is -2.17. The molecule has 2 aromatic rings. The number of halogens is 1. The van der Waals surface area contributed by atoms with Crippen LogP contribution < -0.4 is 5.32 Å². The number of fused-ring (bicyclic) bond motifs is 1. The van der Waals surface area contributed by atoms with E-state index in [2.05, 4.69) is 21.2 Å². The standard InChI is InChI=1S/C17H15BrN2O4S/c1-10-7-12(18)8-11(2)16(10)19-15(21)9-20-17(22)13-5-3-4-6-14(13)25(20,23)24/h3-8H,9H2,1-2H3,(H,19,21). The molecule has 0 unspecified atom stereocenters. The fraction of sp³-hybridized carbons (Fsp3) is 0.176. The summed E-state index contributed by atoms with van der Waals surface area (Å²) in [5, 5.41) is 2.70. The monoisotopic (exact) mass is 422 g/mol. The largest absolute Gasteiger partial charge is 0.324 e. The number of carbonyl (C=O) groups excluding carboxylic acids is 2. The van der Waals surface area contributed by atoms with Crippen molar-refractivity contribution in [2.24, 2.45) is 0 Å². The van der Waals surface area contributed by atoms with Crippen molar-refractivity contribution in [1.29, 1.82) is 0 Å². The molecule has 3 rings (SSSR count). The highest BCUT2D eigenvalue weighted by Crippen LogP contribution is 2.30. The van der Waals surface area contributed by atoms with Crippen molar-refractivity contribution in [1.82, 2.24) is 4.31 Å². The SMILES string of the molecule is Cc1cc(Br)cc(C)c1NC(=O)CN1C(=O)c2ccccc2S1(=O)=O. The molecule has 8 heteroatoms. The summed E-state index contributed by atoms with van der Waals surface area (Å²) in [4.78, 5) is 24.6. The Morgan fingerprint density at radius 1 is 1.16 bits per heavy atom. The van der Waals surface area contributed by atoms with Crippen LogP contribution in [0.25, 0.3) is 0 Å². The van der Waals surface area contributed by atoms with Crippen LogP contribution in [-0.2, 0) is 14.8 Å². The van der Waals surface area contributed by atoms with Gasteiger partial charge in [-0.1, -0.05) is 28.1 Å². The molecule has 1 heterocycles. The van der Waals surface area contributed by atoms with Gasteiger partial charge in [0.15, 0.2) is 0 Å². The van der Waals surface area contributed by atoms with E-state index in [1.54, 1.807) is 12.1 Å². The molecule has 0 aromatic heterocycles. The molecule has 1 aliphatic heterocycles. The van der Waals surface area contributed by atoms with Crippen LogP contribution >= 0.6 is 15.9 Å². The second-order valence-electron chi connectivity index (χ2n) is 5.78. The molecule has 25 heavy (non-hydrogen) atoms. The van der Waals surface area contributed by atoms with Crippen LogP contribution in [0.5, 0.6) is 0 Å². The summed E-state index contributed by atoms with van der Waals surface area (Å²) < 4.78 is 26.5. The van der Waals surface area contributed by atoms with Crippen LogP contribution in [0, 0.1) is 13.8 Å². The van der Waals surface area contributed by atoms with Crippen molar-refractivity contribution >= 4 is 43.5 Å². The van der Waals surface area contributed by atoms with Gasteiger partial charge in [0.2, 0.25) is 5.91 Å². The zero-order valence-electron chi connectivity index (χ0n) is 13.5. The molecule has 0 radical (unpaired) electrons. The molecule has 0 fully saturated rings. The summed E-state index contributed by atoms with van der Waals surface area (Å²) in [6.45, 7) is 3.10. The molecule has 0 atom stereocenters. The molecule has 0 spiro atoms. The quantitative estimate of drug-likeness (QED) is 0.823. The average Bonchev–Trinajstić information content (AvgIpc) is 2.72. The second-order valence-corrected chi connectivity index (χ2v) is 8.52. The maximum atomic E-state index is 12.5. The molecular weight excluding hydrogens is 408 g/mol. The van der Waals surface area contributed by atoms with E-state index in [-0.39, 0.29) is 10.5 Å². The van der Waals surface area contributed by atoms with Gasteiger partial charge >= 0.3 is 0 Å². The fourth-order valence-electron chi connectivity index (χ4n) is 2.80. The Kier molecular flexibility index (Phi) is 4.42. The number of rotatable bonds is 3. The Hall–Kier alpha value is -2.19. The molecule has 0 saturated carbocycles. The van der Waals surface area contributed by atoms with Gasteiger partial charge in [0.1, 0.15) is 11.4 Å². The lowest BCUT2D eigenvalue weighted by atomic mass is 10.1. The van der Waals surface area contributed by atoms with Gasteiger partial charge in [0.25, 0.3) is 15.9 Å². The number of anilines is 1. The Labute approximate surface area is 154 Å². The first kappa shape index (κ1) is 17.6. The zero-order valence-corrected chi connectivity index (χ0v) is 15.9. The third kappa shape index (κ3) is 3.07. The summed E-state index contributed by atoms with van der Waals surface area (Å²) in [6, 6.07) is 9.62. The van der Waals surface area contributed by atoms with E-state index in [0.29, 0.717) is 9.99 Å². The van der Waals surface area contributed by atoms with E-state index in [1.807, 2.05) is 26.0 Å². The highest BCUT2D eigenvalue weighted by Gasteiger charge is 2.41. The van der Waals surface area contributed by atoms with E-state index in [4.69, 9.17) is 0 Å². The molecule has 1 aliphatic rings. The maximum Gasteiger partial charge on any atom is 0.269 e. The number of hydrogen-bond donors (Lipinski definition) is 1. The van der Waals surface area contributed by atoms with Crippen molar-refractivity contribution in [3.8, 4) is 0 Å². The van der Waals surface area contributed by atoms with E-state index in [0.717, 1.165) is 15.6 Å². The molecule has 6 nitrogen and oxygen atoms in total. The topological polar surface area (TPSA) is 83.6 Å². The van der Waals surface area contributed by atoms with Gasteiger partial charge in [-0.05, 0) is 49.2 Å². The minimum atomic E-state index is -3.99. The number of hydrogen-bond acceptors (Lipinski definition) is 4. The number of nitrogens with zero attached hydrogens (tertiary/aromatic N) is 1. The number of carbonyl (C=O) groups is 2. The van der Waals surface area contributed by atoms with E-state index in [1.165, 1.54) is 12.1 Å². The Bertz CT molecular complexity index is 978. The van der Waals surface area contributed by atoms with E-state index < -0.39 is 28.4 Å². The van der Waals surface area contributed by atoms with Crippen LogP contribution in [-0.4, -0.2) is 31.1 Å². The molecule has 0 aliphatic carbocycles. The summed E-state index contributed by atoms with van der Waals surface area (Å²) >= 11 is 3.38. The molecule has 2 aromatic carbocycles. The van der Waals surface area contributed by atoms with Gasteiger partial charge < -0.3 is 5.32 Å². The van der Waals surface area contributed by atoms with Crippen LogP contribution in [0.1, 0.15) is 21.5 Å². The lowest BCUT2D eigenvalue weighted by molar-refractivity contribution is -0.116. The van der Waals surface area contributed by atoms with Gasteiger partial charge in [-0.3, -0.25) is 9.59 Å². The number of aryl methyl sites for hydroxylation is 2.